The lowest BCUT2D eigenvalue weighted by atomic mass is 9.73. The summed E-state index contributed by atoms with van der Waals surface area (Å²) in [5.74, 6) is 0.493. The zero-order chi connectivity index (χ0) is 20.7. The van der Waals surface area contributed by atoms with E-state index in [1.54, 1.807) is 0 Å². The van der Waals surface area contributed by atoms with Gasteiger partial charge in [-0.3, -0.25) is 4.79 Å². The predicted molar refractivity (Wildman–Crippen MR) is 109 cm³/mol. The molecule has 2 atom stereocenters. The van der Waals surface area contributed by atoms with E-state index in [0.29, 0.717) is 35.4 Å². The minimum atomic E-state index is -0.543. The van der Waals surface area contributed by atoms with Crippen molar-refractivity contribution in [2.24, 2.45) is 0 Å². The number of esters is 1. The molecule has 2 aliphatic rings. The number of benzene rings is 1. The maximum Gasteiger partial charge on any atom is 0.336 e. The molecule has 2 heterocycles. The van der Waals surface area contributed by atoms with Crippen LogP contribution in [0.25, 0.3) is 0 Å². The van der Waals surface area contributed by atoms with E-state index in [1.807, 2.05) is 26.0 Å². The zero-order valence-electron chi connectivity index (χ0n) is 17.2. The van der Waals surface area contributed by atoms with Crippen molar-refractivity contribution in [1.29, 1.82) is 0 Å². The maximum absolute atomic E-state index is 13.3. The van der Waals surface area contributed by atoms with Crippen LogP contribution in [0.15, 0.2) is 63.4 Å². The van der Waals surface area contributed by atoms with Gasteiger partial charge in [0.05, 0.1) is 18.6 Å². The normalized spacial score (nSPS) is 21.7. The fraction of sp³-hybridized carbons (Fsp3) is 0.333. The number of methoxy groups -OCH3 is 1. The highest BCUT2D eigenvalue weighted by Crippen LogP contribution is 2.45. The van der Waals surface area contributed by atoms with Crippen LogP contribution < -0.4 is 5.32 Å². The van der Waals surface area contributed by atoms with E-state index in [0.717, 1.165) is 17.0 Å². The second kappa shape index (κ2) is 7.39. The summed E-state index contributed by atoms with van der Waals surface area (Å²) in [7, 11) is 1.35. The second-order valence-corrected chi connectivity index (χ2v) is 7.87. The van der Waals surface area contributed by atoms with Gasteiger partial charge in [-0.15, -0.1) is 0 Å². The number of carbonyl (C=O) groups excluding carboxylic acids is 2. The Balaban J connectivity index is 1.78. The van der Waals surface area contributed by atoms with Crippen LogP contribution in [0.1, 0.15) is 54.2 Å². The van der Waals surface area contributed by atoms with Gasteiger partial charge in [0, 0.05) is 23.4 Å². The maximum atomic E-state index is 13.3. The Hall–Kier alpha value is -3.08. The number of hydrogen-bond donors (Lipinski definition) is 1. The molecule has 0 amide bonds. The van der Waals surface area contributed by atoms with Crippen molar-refractivity contribution < 1.29 is 18.7 Å². The Kier molecular flexibility index (Phi) is 4.91. The lowest BCUT2D eigenvalue weighted by molar-refractivity contribution is -0.136. The summed E-state index contributed by atoms with van der Waals surface area (Å²) in [4.78, 5) is 25.9. The summed E-state index contributed by atoms with van der Waals surface area (Å²) in [6.07, 6.45) is 1.12. The molecule has 150 valence electrons. The third-order valence-electron chi connectivity index (χ3n) is 5.83. The van der Waals surface area contributed by atoms with Crippen LogP contribution in [-0.4, -0.2) is 18.9 Å². The molecule has 0 radical (unpaired) electrons. The largest absolute Gasteiger partial charge is 0.466 e. The third kappa shape index (κ3) is 3.41. The average Bonchev–Trinajstić information content (AvgIpc) is 3.12. The minimum Gasteiger partial charge on any atom is -0.466 e. The van der Waals surface area contributed by atoms with Crippen molar-refractivity contribution in [3.8, 4) is 0 Å². The van der Waals surface area contributed by atoms with Gasteiger partial charge in [0.25, 0.3) is 0 Å². The predicted octanol–water partition coefficient (Wildman–Crippen LogP) is 4.43. The molecule has 0 saturated heterocycles. The molecule has 1 aliphatic carbocycles. The topological polar surface area (TPSA) is 68.5 Å². The van der Waals surface area contributed by atoms with Crippen molar-refractivity contribution in [3.63, 3.8) is 0 Å². The van der Waals surface area contributed by atoms with Crippen LogP contribution in [0.3, 0.4) is 0 Å². The number of rotatable bonds is 3. The number of nitrogens with one attached hydrogen (secondary N) is 1. The molecule has 2 aromatic rings. The summed E-state index contributed by atoms with van der Waals surface area (Å²) in [6, 6.07) is 12.0. The van der Waals surface area contributed by atoms with Crippen molar-refractivity contribution in [2.75, 3.05) is 7.11 Å². The van der Waals surface area contributed by atoms with Gasteiger partial charge >= 0.3 is 5.97 Å². The number of ketones is 1. The zero-order valence-corrected chi connectivity index (χ0v) is 17.2. The Morgan fingerprint density at radius 2 is 1.79 bits per heavy atom. The van der Waals surface area contributed by atoms with Gasteiger partial charge < -0.3 is 14.5 Å². The molecule has 1 aromatic carbocycles. The monoisotopic (exact) mass is 391 g/mol. The quantitative estimate of drug-likeness (QED) is 0.784. The molecule has 5 heteroatoms. The highest BCUT2D eigenvalue weighted by atomic mass is 16.5. The van der Waals surface area contributed by atoms with Crippen LogP contribution in [0.4, 0.5) is 0 Å². The Bertz CT molecular complexity index is 1040. The first-order valence-corrected chi connectivity index (χ1v) is 9.84. The Labute approximate surface area is 170 Å². The molecule has 5 nitrogen and oxygen atoms in total. The summed E-state index contributed by atoms with van der Waals surface area (Å²) in [5, 5.41) is 3.33. The fourth-order valence-corrected chi connectivity index (χ4v) is 4.39. The lowest BCUT2D eigenvalue weighted by Gasteiger charge is -2.35. The van der Waals surface area contributed by atoms with Gasteiger partial charge in [0.2, 0.25) is 0 Å². The summed E-state index contributed by atoms with van der Waals surface area (Å²) in [5.41, 5.74) is 4.98. The molecule has 0 saturated carbocycles. The van der Waals surface area contributed by atoms with E-state index >= 15 is 0 Å². The van der Waals surface area contributed by atoms with Crippen molar-refractivity contribution in [3.05, 3.63) is 81.6 Å². The number of Topliss-reactive ketones (excluding diaryl/α,β-unsaturated/α-hetero) is 1. The van der Waals surface area contributed by atoms with E-state index in [9.17, 15) is 9.59 Å². The number of hydrogen-bond acceptors (Lipinski definition) is 5. The first-order valence-electron chi connectivity index (χ1n) is 9.84. The average molecular weight is 391 g/mol. The number of furan rings is 1. The van der Waals surface area contributed by atoms with E-state index in [1.165, 1.54) is 12.7 Å². The van der Waals surface area contributed by atoms with Crippen molar-refractivity contribution >= 4 is 11.8 Å². The summed E-state index contributed by atoms with van der Waals surface area (Å²) in [6.45, 7) is 5.75. The molecular formula is C24H25NO4. The number of ether oxygens (including phenoxy) is 1. The fourth-order valence-electron chi connectivity index (χ4n) is 4.39. The van der Waals surface area contributed by atoms with Crippen LogP contribution in [0, 0.1) is 13.8 Å². The minimum absolute atomic E-state index is 0.0391. The molecule has 1 aromatic heterocycles. The molecule has 0 spiro atoms. The van der Waals surface area contributed by atoms with Gasteiger partial charge in [-0.25, -0.2) is 4.79 Å². The van der Waals surface area contributed by atoms with Gasteiger partial charge in [-0.2, -0.15) is 0 Å². The molecule has 1 N–H and O–H groups in total. The van der Waals surface area contributed by atoms with Gasteiger partial charge in [0.15, 0.2) is 5.78 Å². The number of aryl methyl sites for hydroxylation is 2. The van der Waals surface area contributed by atoms with E-state index in [2.05, 4.69) is 36.5 Å². The first-order chi connectivity index (χ1) is 13.9. The molecule has 4 rings (SSSR count). The SMILES string of the molecule is COC(=O)C1=C(C)NC2=C(C(=O)C[C@H](c3ccc(C)cc3)C2)[C@H]1c1ccc(C)o1. The van der Waals surface area contributed by atoms with Crippen molar-refractivity contribution in [1.82, 2.24) is 5.32 Å². The van der Waals surface area contributed by atoms with Crippen LogP contribution in [-0.2, 0) is 14.3 Å². The van der Waals surface area contributed by atoms with E-state index in [4.69, 9.17) is 9.15 Å². The lowest BCUT2D eigenvalue weighted by Crippen LogP contribution is -2.35. The highest BCUT2D eigenvalue weighted by molar-refractivity contribution is 6.04. The Morgan fingerprint density at radius 3 is 2.41 bits per heavy atom. The molecule has 1 aliphatic heterocycles. The van der Waals surface area contributed by atoms with E-state index < -0.39 is 11.9 Å². The van der Waals surface area contributed by atoms with E-state index in [-0.39, 0.29) is 11.7 Å². The molecule has 0 unspecified atom stereocenters. The summed E-state index contributed by atoms with van der Waals surface area (Å²) >= 11 is 0. The van der Waals surface area contributed by atoms with Crippen LogP contribution >= 0.6 is 0 Å². The van der Waals surface area contributed by atoms with Crippen molar-refractivity contribution in [2.45, 2.75) is 45.4 Å². The van der Waals surface area contributed by atoms with Gasteiger partial charge in [-0.05, 0) is 50.8 Å². The second-order valence-electron chi connectivity index (χ2n) is 7.87. The molecular weight excluding hydrogens is 366 g/mol. The third-order valence-corrected chi connectivity index (χ3v) is 5.83. The smallest absolute Gasteiger partial charge is 0.336 e. The van der Waals surface area contributed by atoms with Gasteiger partial charge in [-0.1, -0.05) is 29.8 Å². The molecule has 0 fully saturated rings. The summed E-state index contributed by atoms with van der Waals surface area (Å²) < 4.78 is 10.9. The van der Waals surface area contributed by atoms with Gasteiger partial charge in [0.1, 0.15) is 11.5 Å². The number of carbonyl (C=O) groups is 2. The van der Waals surface area contributed by atoms with Crippen LogP contribution in [0.5, 0.6) is 0 Å². The Morgan fingerprint density at radius 1 is 1.07 bits per heavy atom. The standard InChI is InChI=1S/C24H25NO4/c1-13-5-8-16(9-6-13)17-11-18-22(19(26)12-17)23(20-10-7-14(2)29-20)21(15(3)25-18)24(27)28-4/h5-10,17,23,25H,11-12H2,1-4H3/t17-,23+/m1/s1. The van der Waals surface area contributed by atoms with Crippen LogP contribution in [0.2, 0.25) is 0 Å². The number of allylic oxidation sites excluding steroid dienone is 3. The molecule has 29 heavy (non-hydrogen) atoms. The highest BCUT2D eigenvalue weighted by Gasteiger charge is 2.42. The number of dihydropyridines is 1. The molecule has 0 bridgehead atoms. The first kappa shape index (κ1) is 19.2.